The van der Waals surface area contributed by atoms with E-state index in [2.05, 4.69) is 27.9 Å². The summed E-state index contributed by atoms with van der Waals surface area (Å²) in [6.45, 7) is 2.27. The second kappa shape index (κ2) is 7.82. The van der Waals surface area contributed by atoms with Crippen molar-refractivity contribution in [3.05, 3.63) is 86.5 Å². The van der Waals surface area contributed by atoms with Crippen molar-refractivity contribution < 1.29 is 9.90 Å². The SMILES string of the molecule is O=C(O)c1[nH]n(-c2ccccc2)c(=O)c1C=C=Cc1cc2c3c(c1)CCCN3CCC2. The Bertz CT molecular complexity index is 1250. The highest BCUT2D eigenvalue weighted by Crippen LogP contribution is 2.36. The highest BCUT2D eigenvalue weighted by molar-refractivity contribution is 5.90. The monoisotopic (exact) mass is 413 g/mol. The summed E-state index contributed by atoms with van der Waals surface area (Å²) in [6.07, 6.45) is 7.77. The van der Waals surface area contributed by atoms with Crippen molar-refractivity contribution in [2.75, 3.05) is 18.0 Å². The van der Waals surface area contributed by atoms with Gasteiger partial charge in [0.1, 0.15) is 0 Å². The third-order valence-corrected chi connectivity index (χ3v) is 5.99. The van der Waals surface area contributed by atoms with Gasteiger partial charge in [-0.25, -0.2) is 9.48 Å². The van der Waals surface area contributed by atoms with Gasteiger partial charge in [0, 0.05) is 18.8 Å². The van der Waals surface area contributed by atoms with Gasteiger partial charge >= 0.3 is 5.97 Å². The van der Waals surface area contributed by atoms with E-state index in [4.69, 9.17) is 0 Å². The first-order chi connectivity index (χ1) is 15.1. The molecule has 0 bridgehead atoms. The zero-order valence-corrected chi connectivity index (χ0v) is 17.1. The predicted molar refractivity (Wildman–Crippen MR) is 121 cm³/mol. The van der Waals surface area contributed by atoms with Crippen LogP contribution in [0.15, 0.2) is 53.0 Å². The van der Waals surface area contributed by atoms with Crippen LogP contribution in [0.25, 0.3) is 17.8 Å². The maximum atomic E-state index is 12.9. The Kier molecular flexibility index (Phi) is 4.85. The quantitative estimate of drug-likeness (QED) is 0.636. The number of aryl methyl sites for hydroxylation is 2. The van der Waals surface area contributed by atoms with Gasteiger partial charge in [-0.3, -0.25) is 9.89 Å². The fourth-order valence-corrected chi connectivity index (χ4v) is 4.64. The van der Waals surface area contributed by atoms with Crippen LogP contribution in [0.5, 0.6) is 0 Å². The number of aromatic nitrogens is 2. The molecule has 0 spiro atoms. The molecule has 0 radical (unpaired) electrons. The van der Waals surface area contributed by atoms with Gasteiger partial charge in [-0.05, 0) is 78.8 Å². The van der Waals surface area contributed by atoms with Crippen LogP contribution in [0.3, 0.4) is 0 Å². The molecule has 0 atom stereocenters. The first kappa shape index (κ1) is 19.2. The third-order valence-electron chi connectivity index (χ3n) is 5.99. The summed E-state index contributed by atoms with van der Waals surface area (Å²) in [6, 6.07) is 13.3. The Morgan fingerprint density at radius 1 is 1.03 bits per heavy atom. The van der Waals surface area contributed by atoms with E-state index in [-0.39, 0.29) is 11.3 Å². The van der Waals surface area contributed by atoms with Crippen LogP contribution < -0.4 is 10.5 Å². The number of carboxylic acid groups (broad SMARTS) is 1. The van der Waals surface area contributed by atoms with Crippen molar-refractivity contribution in [2.24, 2.45) is 0 Å². The van der Waals surface area contributed by atoms with Crippen LogP contribution in [0.2, 0.25) is 0 Å². The maximum absolute atomic E-state index is 12.9. The molecule has 2 N–H and O–H groups in total. The van der Waals surface area contributed by atoms with Crippen molar-refractivity contribution in [3.8, 4) is 5.69 Å². The van der Waals surface area contributed by atoms with E-state index in [9.17, 15) is 14.7 Å². The van der Waals surface area contributed by atoms with Gasteiger partial charge in [0.2, 0.25) is 0 Å². The molecule has 31 heavy (non-hydrogen) atoms. The van der Waals surface area contributed by atoms with E-state index >= 15 is 0 Å². The van der Waals surface area contributed by atoms with Gasteiger partial charge in [0.05, 0.1) is 11.3 Å². The molecule has 2 aliphatic rings. The Labute approximate surface area is 179 Å². The lowest BCUT2D eigenvalue weighted by Gasteiger charge is -2.37. The normalized spacial score (nSPS) is 14.5. The van der Waals surface area contributed by atoms with Crippen molar-refractivity contribution in [2.45, 2.75) is 25.7 Å². The number of hydrogen-bond donors (Lipinski definition) is 2. The molecule has 0 saturated carbocycles. The molecule has 3 aromatic rings. The number of nitrogens with one attached hydrogen (secondary N) is 1. The van der Waals surface area contributed by atoms with E-state index in [1.54, 1.807) is 24.3 Å². The average Bonchev–Trinajstić information content (AvgIpc) is 3.11. The van der Waals surface area contributed by atoms with Gasteiger partial charge in [-0.15, -0.1) is 5.73 Å². The summed E-state index contributed by atoms with van der Waals surface area (Å²) in [7, 11) is 0. The van der Waals surface area contributed by atoms with E-state index < -0.39 is 11.5 Å². The number of nitrogens with zero attached hydrogens (tertiary/aromatic N) is 2. The number of carbonyl (C=O) groups is 1. The lowest BCUT2D eigenvalue weighted by Crippen LogP contribution is -2.34. The molecule has 6 heteroatoms. The molecular weight excluding hydrogens is 390 g/mol. The van der Waals surface area contributed by atoms with Gasteiger partial charge in [-0.2, -0.15) is 0 Å². The maximum Gasteiger partial charge on any atom is 0.354 e. The zero-order valence-electron chi connectivity index (χ0n) is 17.1. The van der Waals surface area contributed by atoms with Crippen LogP contribution in [0, 0.1) is 0 Å². The number of aromatic carboxylic acids is 1. The number of aromatic amines is 1. The lowest BCUT2D eigenvalue weighted by atomic mass is 9.90. The minimum absolute atomic E-state index is 0.0816. The Morgan fingerprint density at radius 2 is 1.71 bits per heavy atom. The predicted octanol–water partition coefficient (Wildman–Crippen LogP) is 3.89. The number of rotatable bonds is 4. The number of hydrogen-bond acceptors (Lipinski definition) is 3. The van der Waals surface area contributed by atoms with Crippen molar-refractivity contribution in [1.82, 2.24) is 9.78 Å². The summed E-state index contributed by atoms with van der Waals surface area (Å²) in [5.41, 5.74) is 8.32. The van der Waals surface area contributed by atoms with Crippen molar-refractivity contribution in [1.29, 1.82) is 0 Å². The Hall–Kier alpha value is -3.76. The standard InChI is InChI=1S/C25H23N3O3/c29-24-21(22(25(30)31)26-28(24)20-10-2-1-3-11-20)12-4-7-17-15-18-8-5-13-27-14-6-9-19(16-17)23(18)27/h1-3,7,10-12,15-16,26H,5-6,8-9,13-14H2,(H,30,31). The molecule has 0 unspecified atom stereocenters. The zero-order chi connectivity index (χ0) is 21.4. The summed E-state index contributed by atoms with van der Waals surface area (Å²) >= 11 is 0. The number of H-pyrrole nitrogens is 1. The lowest BCUT2D eigenvalue weighted by molar-refractivity contribution is 0.0689. The topological polar surface area (TPSA) is 78.3 Å². The highest BCUT2D eigenvalue weighted by Gasteiger charge is 2.24. The molecule has 1 aromatic heterocycles. The second-order valence-corrected chi connectivity index (χ2v) is 8.02. The van der Waals surface area contributed by atoms with Crippen LogP contribution in [-0.4, -0.2) is 33.9 Å². The molecule has 5 rings (SSSR count). The summed E-state index contributed by atoms with van der Waals surface area (Å²) in [5, 5.41) is 12.3. The Morgan fingerprint density at radius 3 is 2.35 bits per heavy atom. The Balaban J connectivity index is 1.53. The molecule has 0 saturated heterocycles. The van der Waals surface area contributed by atoms with Crippen LogP contribution >= 0.6 is 0 Å². The molecular formula is C25H23N3O3. The van der Waals surface area contributed by atoms with E-state index in [0.29, 0.717) is 5.69 Å². The van der Waals surface area contributed by atoms with E-state index in [1.165, 1.54) is 40.4 Å². The molecule has 0 amide bonds. The number of anilines is 1. The molecule has 0 aliphatic carbocycles. The molecule has 2 aromatic carbocycles. The highest BCUT2D eigenvalue weighted by atomic mass is 16.4. The van der Waals surface area contributed by atoms with Crippen LogP contribution in [0.1, 0.15) is 45.6 Å². The van der Waals surface area contributed by atoms with Crippen molar-refractivity contribution >= 4 is 23.8 Å². The first-order valence-electron chi connectivity index (χ1n) is 10.6. The minimum atomic E-state index is -1.18. The van der Waals surface area contributed by atoms with Crippen LogP contribution in [-0.2, 0) is 12.8 Å². The average molecular weight is 413 g/mol. The second-order valence-electron chi connectivity index (χ2n) is 8.02. The third kappa shape index (κ3) is 3.51. The molecule has 2 aliphatic heterocycles. The smallest absolute Gasteiger partial charge is 0.354 e. The fourth-order valence-electron chi connectivity index (χ4n) is 4.64. The summed E-state index contributed by atoms with van der Waals surface area (Å²) in [5.74, 6) is -1.18. The molecule has 0 fully saturated rings. The summed E-state index contributed by atoms with van der Waals surface area (Å²) < 4.78 is 1.24. The number of carboxylic acids is 1. The van der Waals surface area contributed by atoms with Gasteiger partial charge in [-0.1, -0.05) is 18.2 Å². The minimum Gasteiger partial charge on any atom is -0.477 e. The van der Waals surface area contributed by atoms with Gasteiger partial charge in [0.25, 0.3) is 5.56 Å². The molecule has 3 heterocycles. The van der Waals surface area contributed by atoms with Gasteiger partial charge in [0.15, 0.2) is 5.69 Å². The first-order valence-corrected chi connectivity index (χ1v) is 10.6. The molecule has 6 nitrogen and oxygen atoms in total. The van der Waals surface area contributed by atoms with Crippen molar-refractivity contribution in [3.63, 3.8) is 0 Å². The fraction of sp³-hybridized carbons (Fsp3) is 0.240. The van der Waals surface area contributed by atoms with Gasteiger partial charge < -0.3 is 10.0 Å². The van der Waals surface area contributed by atoms with Crippen LogP contribution in [0.4, 0.5) is 5.69 Å². The number of benzene rings is 2. The summed E-state index contributed by atoms with van der Waals surface area (Å²) in [4.78, 5) is 27.0. The largest absolute Gasteiger partial charge is 0.477 e. The number of para-hydroxylation sites is 1. The van der Waals surface area contributed by atoms with E-state index in [1.807, 2.05) is 12.1 Å². The van der Waals surface area contributed by atoms with E-state index in [0.717, 1.165) is 31.5 Å². The molecule has 156 valence electrons.